The summed E-state index contributed by atoms with van der Waals surface area (Å²) in [6.45, 7) is 10.3. The molecule has 39 heavy (non-hydrogen) atoms. The Balaban J connectivity index is 2.02. The first-order valence-corrected chi connectivity index (χ1v) is 14.1. The average molecular weight is 554 g/mol. The minimum absolute atomic E-state index is 0.00976. The van der Waals surface area contributed by atoms with Gasteiger partial charge in [-0.2, -0.15) is 0 Å². The molecule has 208 valence electrons. The summed E-state index contributed by atoms with van der Waals surface area (Å²) in [7, 11) is -4.13. The molecule has 2 amide bonds. The van der Waals surface area contributed by atoms with Crippen molar-refractivity contribution in [2.75, 3.05) is 10.8 Å². The summed E-state index contributed by atoms with van der Waals surface area (Å²) in [5.74, 6) is -1.39. The topological polar surface area (TPSA) is 86.8 Å². The number of anilines is 1. The zero-order valence-corrected chi connectivity index (χ0v) is 24.0. The summed E-state index contributed by atoms with van der Waals surface area (Å²) in [5, 5.41) is 2.88. The van der Waals surface area contributed by atoms with Crippen molar-refractivity contribution in [2.45, 2.75) is 64.6 Å². The van der Waals surface area contributed by atoms with Crippen molar-refractivity contribution in [3.8, 4) is 0 Å². The lowest BCUT2D eigenvalue weighted by atomic mass is 10.1. The maximum absolute atomic E-state index is 13.9. The fourth-order valence-corrected chi connectivity index (χ4v) is 5.33. The smallest absolute Gasteiger partial charge is 0.264 e. The molecule has 9 heteroatoms. The van der Waals surface area contributed by atoms with Gasteiger partial charge >= 0.3 is 0 Å². The number of carbonyl (C=O) groups excluding carboxylic acids is 2. The molecule has 0 aliphatic carbocycles. The Morgan fingerprint density at radius 2 is 1.38 bits per heavy atom. The second kappa shape index (κ2) is 12.0. The lowest BCUT2D eigenvalue weighted by Gasteiger charge is -2.33. The van der Waals surface area contributed by atoms with Crippen molar-refractivity contribution in [3.05, 3.63) is 95.3 Å². The number of hydrogen-bond donors (Lipinski definition) is 1. The van der Waals surface area contributed by atoms with E-state index in [2.05, 4.69) is 5.32 Å². The highest BCUT2D eigenvalue weighted by Crippen LogP contribution is 2.25. The van der Waals surface area contributed by atoms with Gasteiger partial charge in [0.05, 0.1) is 10.6 Å². The number of hydrogen-bond acceptors (Lipinski definition) is 4. The summed E-state index contributed by atoms with van der Waals surface area (Å²) in [6.07, 6.45) is 0. The second-order valence-corrected chi connectivity index (χ2v) is 12.6. The van der Waals surface area contributed by atoms with Crippen LogP contribution in [0.2, 0.25) is 0 Å². The monoisotopic (exact) mass is 553 g/mol. The molecule has 3 aromatic rings. The zero-order valence-electron chi connectivity index (χ0n) is 23.2. The van der Waals surface area contributed by atoms with Crippen molar-refractivity contribution in [3.63, 3.8) is 0 Å². The Morgan fingerprint density at radius 1 is 0.872 bits per heavy atom. The fourth-order valence-electron chi connectivity index (χ4n) is 3.92. The molecule has 0 aliphatic heterocycles. The van der Waals surface area contributed by atoms with E-state index < -0.39 is 39.9 Å². The van der Waals surface area contributed by atoms with Gasteiger partial charge in [0, 0.05) is 12.1 Å². The van der Waals surface area contributed by atoms with Crippen LogP contribution in [0.3, 0.4) is 0 Å². The third-order valence-electron chi connectivity index (χ3n) is 6.14. The number of sulfonamides is 1. The van der Waals surface area contributed by atoms with Crippen LogP contribution in [0.25, 0.3) is 0 Å². The molecule has 0 aliphatic rings. The molecule has 3 rings (SSSR count). The van der Waals surface area contributed by atoms with E-state index in [0.717, 1.165) is 15.4 Å². The summed E-state index contributed by atoms with van der Waals surface area (Å²) in [6, 6.07) is 17.9. The van der Waals surface area contributed by atoms with Crippen LogP contribution < -0.4 is 9.62 Å². The maximum atomic E-state index is 13.9. The Morgan fingerprint density at radius 3 is 1.90 bits per heavy atom. The SMILES string of the molecule is Cc1ccc(N(CC(=O)N(Cc2ccc(F)cc2)[C@@H](C)C(=O)NC(C)(C)C)S(=O)(=O)c2ccc(C)cc2)cc1. The van der Waals surface area contributed by atoms with Crippen molar-refractivity contribution >= 4 is 27.5 Å². The van der Waals surface area contributed by atoms with Gasteiger partial charge in [0.2, 0.25) is 11.8 Å². The van der Waals surface area contributed by atoms with E-state index in [9.17, 15) is 22.4 Å². The normalized spacial score (nSPS) is 12.5. The Bertz CT molecular complexity index is 1400. The van der Waals surface area contributed by atoms with Gasteiger partial charge in [-0.15, -0.1) is 0 Å². The van der Waals surface area contributed by atoms with Gasteiger partial charge in [-0.05, 0) is 83.5 Å². The first kappa shape index (κ1) is 29.8. The number of carbonyl (C=O) groups is 2. The summed E-state index contributed by atoms with van der Waals surface area (Å²) in [4.78, 5) is 28.3. The Kier molecular flexibility index (Phi) is 9.17. The van der Waals surface area contributed by atoms with Crippen LogP contribution in [-0.2, 0) is 26.2 Å². The van der Waals surface area contributed by atoms with Crippen LogP contribution >= 0.6 is 0 Å². The molecule has 0 bridgehead atoms. The van der Waals surface area contributed by atoms with Gasteiger partial charge in [0.1, 0.15) is 18.4 Å². The van der Waals surface area contributed by atoms with E-state index in [-0.39, 0.29) is 17.3 Å². The fraction of sp³-hybridized carbons (Fsp3) is 0.333. The first-order chi connectivity index (χ1) is 18.2. The van der Waals surface area contributed by atoms with Gasteiger partial charge < -0.3 is 10.2 Å². The molecule has 0 saturated carbocycles. The third-order valence-corrected chi connectivity index (χ3v) is 7.93. The van der Waals surface area contributed by atoms with E-state index in [1.165, 1.54) is 41.3 Å². The molecular weight excluding hydrogens is 517 g/mol. The molecule has 0 radical (unpaired) electrons. The van der Waals surface area contributed by atoms with Gasteiger partial charge in [0.25, 0.3) is 10.0 Å². The van der Waals surface area contributed by atoms with Gasteiger partial charge in [-0.1, -0.05) is 47.5 Å². The number of nitrogens with zero attached hydrogens (tertiary/aromatic N) is 2. The number of rotatable bonds is 9. The van der Waals surface area contributed by atoms with Crippen LogP contribution in [0.5, 0.6) is 0 Å². The number of amides is 2. The van der Waals surface area contributed by atoms with Crippen LogP contribution in [0.4, 0.5) is 10.1 Å². The third kappa shape index (κ3) is 7.89. The summed E-state index contributed by atoms with van der Waals surface area (Å²) < 4.78 is 42.2. The van der Waals surface area contributed by atoms with E-state index in [1.54, 1.807) is 43.3 Å². The highest BCUT2D eigenvalue weighted by molar-refractivity contribution is 7.92. The molecule has 3 aromatic carbocycles. The van der Waals surface area contributed by atoms with Crippen LogP contribution in [0.15, 0.2) is 77.7 Å². The van der Waals surface area contributed by atoms with Crippen molar-refractivity contribution in [2.24, 2.45) is 0 Å². The van der Waals surface area contributed by atoms with Crippen LogP contribution in [0.1, 0.15) is 44.4 Å². The summed E-state index contributed by atoms with van der Waals surface area (Å²) >= 11 is 0. The van der Waals surface area contributed by atoms with Crippen molar-refractivity contribution in [1.82, 2.24) is 10.2 Å². The highest BCUT2D eigenvalue weighted by atomic mass is 32.2. The predicted molar refractivity (Wildman–Crippen MR) is 151 cm³/mol. The van der Waals surface area contributed by atoms with E-state index >= 15 is 0 Å². The molecule has 1 N–H and O–H groups in total. The number of halogens is 1. The lowest BCUT2D eigenvalue weighted by Crippen LogP contribution is -2.54. The Labute approximate surface area is 230 Å². The number of benzene rings is 3. The largest absolute Gasteiger partial charge is 0.350 e. The molecule has 7 nitrogen and oxygen atoms in total. The minimum Gasteiger partial charge on any atom is -0.350 e. The lowest BCUT2D eigenvalue weighted by molar-refractivity contribution is -0.140. The molecule has 0 unspecified atom stereocenters. The van der Waals surface area contributed by atoms with E-state index in [1.807, 2.05) is 34.6 Å². The highest BCUT2D eigenvalue weighted by Gasteiger charge is 2.33. The van der Waals surface area contributed by atoms with Gasteiger partial charge in [-0.3, -0.25) is 13.9 Å². The summed E-state index contributed by atoms with van der Waals surface area (Å²) in [5.41, 5.74) is 2.21. The maximum Gasteiger partial charge on any atom is 0.264 e. The molecule has 0 fully saturated rings. The molecule has 0 saturated heterocycles. The molecule has 1 atom stereocenters. The quantitative estimate of drug-likeness (QED) is 0.405. The average Bonchev–Trinajstić information content (AvgIpc) is 2.86. The van der Waals surface area contributed by atoms with Gasteiger partial charge in [-0.25, -0.2) is 12.8 Å². The minimum atomic E-state index is -4.13. The van der Waals surface area contributed by atoms with Crippen molar-refractivity contribution < 1.29 is 22.4 Å². The number of nitrogens with one attached hydrogen (secondary N) is 1. The van der Waals surface area contributed by atoms with E-state index in [0.29, 0.717) is 11.3 Å². The number of aryl methyl sites for hydroxylation is 2. The van der Waals surface area contributed by atoms with E-state index in [4.69, 9.17) is 0 Å². The van der Waals surface area contributed by atoms with Crippen LogP contribution in [0, 0.1) is 19.7 Å². The van der Waals surface area contributed by atoms with Gasteiger partial charge in [0.15, 0.2) is 0 Å². The Hall–Kier alpha value is -3.72. The molecular formula is C30H36FN3O4S. The molecule has 0 aromatic heterocycles. The van der Waals surface area contributed by atoms with Crippen LogP contribution in [-0.4, -0.2) is 43.3 Å². The molecule has 0 spiro atoms. The predicted octanol–water partition coefficient (Wildman–Crippen LogP) is 4.97. The molecule has 0 heterocycles. The first-order valence-electron chi connectivity index (χ1n) is 12.7. The van der Waals surface area contributed by atoms with Crippen molar-refractivity contribution in [1.29, 1.82) is 0 Å². The second-order valence-electron chi connectivity index (χ2n) is 10.7. The standard InChI is InChI=1S/C30H36FN3O4S/c1-21-7-15-26(16-8-21)34(39(37,38)27-17-9-22(2)10-18-27)20-28(35)33(19-24-11-13-25(31)14-12-24)23(3)29(36)32-30(4,5)6/h7-18,23H,19-20H2,1-6H3,(H,32,36)/t23-/m0/s1. The zero-order chi connectivity index (χ0) is 29.0.